The molecule has 0 atom stereocenters. The van der Waals surface area contributed by atoms with Gasteiger partial charge in [-0.3, -0.25) is 0 Å². The standard InChI is InChI=1S/C10H5ClFNO2/c11-9-8(10(14)15)7-3-6(12)2-1-5(7)4-13-9/h1-4H,(H,14,15). The summed E-state index contributed by atoms with van der Waals surface area (Å²) in [5, 5.41) is 9.56. The molecule has 1 heterocycles. The largest absolute Gasteiger partial charge is 0.478 e. The number of aromatic carboxylic acids is 1. The Bertz CT molecular complexity index is 551. The van der Waals surface area contributed by atoms with Gasteiger partial charge in [0, 0.05) is 17.0 Å². The van der Waals surface area contributed by atoms with Crippen LogP contribution < -0.4 is 0 Å². The third-order valence-electron chi connectivity index (χ3n) is 2.02. The van der Waals surface area contributed by atoms with Crippen LogP contribution in [0.1, 0.15) is 10.4 Å². The van der Waals surface area contributed by atoms with E-state index >= 15 is 0 Å². The summed E-state index contributed by atoms with van der Waals surface area (Å²) in [5.74, 6) is -1.73. The van der Waals surface area contributed by atoms with Crippen LogP contribution in [0.5, 0.6) is 0 Å². The van der Waals surface area contributed by atoms with Gasteiger partial charge in [0.15, 0.2) is 0 Å². The number of carbonyl (C=O) groups is 1. The summed E-state index contributed by atoms with van der Waals surface area (Å²) < 4.78 is 13.0. The molecule has 0 radical (unpaired) electrons. The number of pyridine rings is 1. The third-order valence-corrected chi connectivity index (χ3v) is 2.31. The molecule has 1 N–H and O–H groups in total. The van der Waals surface area contributed by atoms with Gasteiger partial charge in [0.05, 0.1) is 0 Å². The van der Waals surface area contributed by atoms with Gasteiger partial charge in [0.1, 0.15) is 16.5 Å². The number of carboxylic acid groups (broad SMARTS) is 1. The lowest BCUT2D eigenvalue weighted by atomic mass is 10.1. The van der Waals surface area contributed by atoms with Crippen molar-refractivity contribution in [2.75, 3.05) is 0 Å². The predicted octanol–water partition coefficient (Wildman–Crippen LogP) is 2.73. The molecule has 0 aliphatic carbocycles. The van der Waals surface area contributed by atoms with Crippen LogP contribution in [0.15, 0.2) is 24.4 Å². The molecule has 0 bridgehead atoms. The molecule has 1 aromatic carbocycles. The first-order chi connectivity index (χ1) is 7.09. The number of carboxylic acids is 1. The van der Waals surface area contributed by atoms with Crippen LogP contribution in [-0.2, 0) is 0 Å². The molecular formula is C10H5ClFNO2. The van der Waals surface area contributed by atoms with Crippen molar-refractivity contribution < 1.29 is 14.3 Å². The molecule has 0 spiro atoms. The molecule has 0 aliphatic rings. The minimum absolute atomic E-state index is 0.138. The minimum atomic E-state index is -1.22. The molecule has 15 heavy (non-hydrogen) atoms. The number of nitrogens with zero attached hydrogens (tertiary/aromatic N) is 1. The highest BCUT2D eigenvalue weighted by Crippen LogP contribution is 2.24. The summed E-state index contributed by atoms with van der Waals surface area (Å²) in [5.41, 5.74) is -0.173. The van der Waals surface area contributed by atoms with E-state index in [1.165, 1.54) is 18.3 Å². The van der Waals surface area contributed by atoms with Crippen molar-refractivity contribution in [3.8, 4) is 0 Å². The zero-order valence-corrected chi connectivity index (χ0v) is 8.12. The normalized spacial score (nSPS) is 10.5. The summed E-state index contributed by atoms with van der Waals surface area (Å²) >= 11 is 5.64. The van der Waals surface area contributed by atoms with Gasteiger partial charge in [0.2, 0.25) is 0 Å². The molecule has 76 valence electrons. The highest BCUT2D eigenvalue weighted by molar-refractivity contribution is 6.34. The smallest absolute Gasteiger partial charge is 0.339 e. The average molecular weight is 226 g/mol. The number of aromatic nitrogens is 1. The van der Waals surface area contributed by atoms with Crippen molar-refractivity contribution in [1.82, 2.24) is 4.98 Å². The SMILES string of the molecule is O=C(O)c1c(Cl)ncc2ccc(F)cc12. The second-order valence-corrected chi connectivity index (χ2v) is 3.32. The molecule has 0 saturated heterocycles. The molecule has 2 aromatic rings. The first-order valence-corrected chi connectivity index (χ1v) is 4.44. The molecule has 0 fully saturated rings. The topological polar surface area (TPSA) is 50.2 Å². The van der Waals surface area contributed by atoms with Crippen LogP contribution >= 0.6 is 11.6 Å². The van der Waals surface area contributed by atoms with Gasteiger partial charge in [-0.05, 0) is 18.2 Å². The van der Waals surface area contributed by atoms with Crippen molar-refractivity contribution in [2.24, 2.45) is 0 Å². The van der Waals surface area contributed by atoms with Crippen LogP contribution in [-0.4, -0.2) is 16.1 Å². The van der Waals surface area contributed by atoms with E-state index in [0.717, 1.165) is 6.07 Å². The van der Waals surface area contributed by atoms with Crippen LogP contribution in [0.3, 0.4) is 0 Å². The number of fused-ring (bicyclic) bond motifs is 1. The number of halogens is 2. The highest BCUT2D eigenvalue weighted by Gasteiger charge is 2.14. The second-order valence-electron chi connectivity index (χ2n) is 2.96. The van der Waals surface area contributed by atoms with Crippen molar-refractivity contribution in [3.05, 3.63) is 40.9 Å². The number of benzene rings is 1. The predicted molar refractivity (Wildman–Crippen MR) is 53.7 cm³/mol. The summed E-state index contributed by atoms with van der Waals surface area (Å²) in [4.78, 5) is 14.6. The van der Waals surface area contributed by atoms with E-state index in [1.54, 1.807) is 0 Å². The first-order valence-electron chi connectivity index (χ1n) is 4.06. The molecule has 1 aromatic heterocycles. The Kier molecular flexibility index (Phi) is 2.28. The number of hydrogen-bond donors (Lipinski definition) is 1. The summed E-state index contributed by atoms with van der Waals surface area (Å²) in [6, 6.07) is 3.83. The van der Waals surface area contributed by atoms with Crippen LogP contribution in [0.4, 0.5) is 4.39 Å². The lowest BCUT2D eigenvalue weighted by molar-refractivity contribution is 0.0699. The van der Waals surface area contributed by atoms with Gasteiger partial charge >= 0.3 is 5.97 Å². The van der Waals surface area contributed by atoms with E-state index < -0.39 is 11.8 Å². The van der Waals surface area contributed by atoms with Crippen LogP contribution in [0, 0.1) is 5.82 Å². The fourth-order valence-electron chi connectivity index (χ4n) is 1.36. The van der Waals surface area contributed by atoms with Gasteiger partial charge in [-0.1, -0.05) is 11.6 Å². The number of rotatable bonds is 1. The lowest BCUT2D eigenvalue weighted by Crippen LogP contribution is -2.00. The van der Waals surface area contributed by atoms with Crippen molar-refractivity contribution >= 4 is 28.3 Å². The van der Waals surface area contributed by atoms with Crippen molar-refractivity contribution in [1.29, 1.82) is 0 Å². The van der Waals surface area contributed by atoms with Gasteiger partial charge in [0.25, 0.3) is 0 Å². The van der Waals surface area contributed by atoms with E-state index in [0.29, 0.717) is 5.39 Å². The molecule has 0 unspecified atom stereocenters. The molecule has 2 rings (SSSR count). The van der Waals surface area contributed by atoms with Gasteiger partial charge in [-0.2, -0.15) is 0 Å². The minimum Gasteiger partial charge on any atom is -0.478 e. The van der Waals surface area contributed by atoms with Crippen molar-refractivity contribution in [2.45, 2.75) is 0 Å². The Morgan fingerprint density at radius 1 is 1.47 bits per heavy atom. The fourth-order valence-corrected chi connectivity index (χ4v) is 1.59. The molecule has 5 heteroatoms. The van der Waals surface area contributed by atoms with Gasteiger partial charge in [-0.25, -0.2) is 14.2 Å². The third kappa shape index (κ3) is 1.64. The highest BCUT2D eigenvalue weighted by atomic mass is 35.5. The summed E-state index contributed by atoms with van der Waals surface area (Å²) in [6.07, 6.45) is 1.41. The number of hydrogen-bond acceptors (Lipinski definition) is 2. The molecule has 0 amide bonds. The summed E-state index contributed by atoms with van der Waals surface area (Å²) in [6.45, 7) is 0. The van der Waals surface area contributed by atoms with Crippen LogP contribution in [0.2, 0.25) is 5.15 Å². The maximum Gasteiger partial charge on any atom is 0.339 e. The van der Waals surface area contributed by atoms with E-state index in [4.69, 9.17) is 16.7 Å². The fraction of sp³-hybridized carbons (Fsp3) is 0. The van der Waals surface area contributed by atoms with Gasteiger partial charge < -0.3 is 5.11 Å². The Balaban J connectivity index is 2.90. The van der Waals surface area contributed by atoms with Gasteiger partial charge in [-0.15, -0.1) is 0 Å². The van der Waals surface area contributed by atoms with E-state index in [-0.39, 0.29) is 16.1 Å². The zero-order chi connectivity index (χ0) is 11.0. The maximum atomic E-state index is 13.0. The molecule has 0 aliphatic heterocycles. The molecule has 3 nitrogen and oxygen atoms in total. The Labute approximate surface area is 89.1 Å². The maximum absolute atomic E-state index is 13.0. The zero-order valence-electron chi connectivity index (χ0n) is 7.37. The summed E-state index contributed by atoms with van der Waals surface area (Å²) in [7, 11) is 0. The van der Waals surface area contributed by atoms with E-state index in [2.05, 4.69) is 4.98 Å². The Morgan fingerprint density at radius 3 is 2.87 bits per heavy atom. The van der Waals surface area contributed by atoms with Crippen LogP contribution in [0.25, 0.3) is 10.8 Å². The lowest BCUT2D eigenvalue weighted by Gasteiger charge is -2.03. The van der Waals surface area contributed by atoms with E-state index in [9.17, 15) is 9.18 Å². The van der Waals surface area contributed by atoms with E-state index in [1.807, 2.05) is 0 Å². The average Bonchev–Trinajstić information content (AvgIpc) is 2.16. The monoisotopic (exact) mass is 225 g/mol. The van der Waals surface area contributed by atoms with Crippen molar-refractivity contribution in [3.63, 3.8) is 0 Å². The Morgan fingerprint density at radius 2 is 2.20 bits per heavy atom. The quantitative estimate of drug-likeness (QED) is 0.760. The molecule has 0 saturated carbocycles. The Hall–Kier alpha value is -1.68. The first kappa shape index (κ1) is 9.86. The second kappa shape index (κ2) is 3.47. The molecular weight excluding hydrogens is 221 g/mol.